The van der Waals surface area contributed by atoms with E-state index in [1.54, 1.807) is 19.1 Å². The van der Waals surface area contributed by atoms with Crippen LogP contribution >= 0.6 is 0 Å². The largest absolute Gasteiger partial charge is 0.369 e. The van der Waals surface area contributed by atoms with Gasteiger partial charge in [0.25, 0.3) is 0 Å². The maximum atomic E-state index is 13.6. The first-order valence-corrected chi connectivity index (χ1v) is 7.13. The van der Waals surface area contributed by atoms with Crippen LogP contribution in [-0.2, 0) is 11.3 Å². The molecule has 1 aliphatic rings. The first-order valence-electron chi connectivity index (χ1n) is 7.13. The Morgan fingerprint density at radius 3 is 3.05 bits per heavy atom. The molecule has 1 aromatic carbocycles. The predicted molar refractivity (Wildman–Crippen MR) is 77.0 cm³/mol. The van der Waals surface area contributed by atoms with E-state index in [9.17, 15) is 9.18 Å². The molecule has 1 atom stereocenters. The Hall–Kier alpha value is -2.28. The van der Waals surface area contributed by atoms with Crippen LogP contribution in [0.15, 0.2) is 22.7 Å². The van der Waals surface area contributed by atoms with E-state index in [0.717, 1.165) is 13.0 Å². The summed E-state index contributed by atoms with van der Waals surface area (Å²) in [4.78, 5) is 17.5. The summed E-state index contributed by atoms with van der Waals surface area (Å²) in [7, 11) is 0. The summed E-state index contributed by atoms with van der Waals surface area (Å²) in [6.45, 7) is 3.53. The molecule has 2 heterocycles. The lowest BCUT2D eigenvalue weighted by Gasteiger charge is -2.11. The number of amides is 1. The number of hydrogen-bond acceptors (Lipinski definition) is 5. The summed E-state index contributed by atoms with van der Waals surface area (Å²) in [5.41, 5.74) is 6.46. The highest BCUT2D eigenvalue weighted by atomic mass is 19.1. The van der Waals surface area contributed by atoms with E-state index in [1.165, 1.54) is 6.07 Å². The summed E-state index contributed by atoms with van der Waals surface area (Å²) in [6.07, 6.45) is 0.750. The summed E-state index contributed by atoms with van der Waals surface area (Å²) in [5.74, 6) is 0.116. The smallest absolute Gasteiger partial charge is 0.241 e. The highest BCUT2D eigenvalue weighted by molar-refractivity contribution is 5.77. The number of benzene rings is 1. The lowest BCUT2D eigenvalue weighted by Crippen LogP contribution is -2.27. The van der Waals surface area contributed by atoms with Crippen molar-refractivity contribution in [3.63, 3.8) is 0 Å². The number of nitrogens with two attached hydrogens (primary N) is 1. The lowest BCUT2D eigenvalue weighted by atomic mass is 10.1. The molecule has 2 N–H and O–H groups in total. The molecule has 1 aliphatic heterocycles. The summed E-state index contributed by atoms with van der Waals surface area (Å²) < 4.78 is 18.8. The molecule has 0 aliphatic carbocycles. The van der Waals surface area contributed by atoms with Crippen molar-refractivity contribution in [2.24, 2.45) is 11.7 Å². The maximum Gasteiger partial charge on any atom is 0.241 e. The molecular weight excluding hydrogens is 287 g/mol. The lowest BCUT2D eigenvalue weighted by molar-refractivity contribution is -0.121. The molecule has 1 saturated heterocycles. The average molecular weight is 304 g/mol. The van der Waals surface area contributed by atoms with Gasteiger partial charge in [-0.05, 0) is 31.5 Å². The van der Waals surface area contributed by atoms with Gasteiger partial charge in [0.15, 0.2) is 0 Å². The zero-order chi connectivity index (χ0) is 15.7. The van der Waals surface area contributed by atoms with Crippen molar-refractivity contribution in [3.05, 3.63) is 35.5 Å². The van der Waals surface area contributed by atoms with Crippen molar-refractivity contribution in [2.45, 2.75) is 19.9 Å². The molecule has 0 saturated carbocycles. The van der Waals surface area contributed by atoms with Crippen molar-refractivity contribution in [3.8, 4) is 11.4 Å². The number of nitrogens with zero attached hydrogens (tertiary/aromatic N) is 3. The van der Waals surface area contributed by atoms with Crippen LogP contribution in [0.4, 0.5) is 4.39 Å². The van der Waals surface area contributed by atoms with Gasteiger partial charge in [-0.3, -0.25) is 9.69 Å². The Bertz CT molecular complexity index is 701. The molecule has 6 nitrogen and oxygen atoms in total. The number of aromatic nitrogens is 2. The number of rotatable bonds is 4. The van der Waals surface area contributed by atoms with Crippen LogP contribution in [0.1, 0.15) is 17.9 Å². The van der Waals surface area contributed by atoms with Gasteiger partial charge in [-0.15, -0.1) is 0 Å². The molecule has 1 unspecified atom stereocenters. The molecule has 1 fully saturated rings. The van der Waals surface area contributed by atoms with Crippen LogP contribution in [0.25, 0.3) is 11.4 Å². The van der Waals surface area contributed by atoms with E-state index in [2.05, 4.69) is 10.1 Å². The quantitative estimate of drug-likeness (QED) is 0.925. The van der Waals surface area contributed by atoms with Crippen LogP contribution in [0.3, 0.4) is 0 Å². The first-order chi connectivity index (χ1) is 10.5. The number of carbonyl (C=O) groups excluding carboxylic acids is 1. The summed E-state index contributed by atoms with van der Waals surface area (Å²) in [6, 6.07) is 4.83. The van der Waals surface area contributed by atoms with Gasteiger partial charge >= 0.3 is 0 Å². The second-order valence-corrected chi connectivity index (χ2v) is 5.60. The van der Waals surface area contributed by atoms with Crippen LogP contribution in [-0.4, -0.2) is 34.0 Å². The minimum absolute atomic E-state index is 0.117. The molecule has 0 bridgehead atoms. The molecule has 0 radical (unpaired) electrons. The predicted octanol–water partition coefficient (Wildman–Crippen LogP) is 1.49. The SMILES string of the molecule is Cc1ccc(-c2noc(CN3CCC(C(N)=O)C3)n2)cc1F. The topological polar surface area (TPSA) is 85.3 Å². The Morgan fingerprint density at radius 2 is 2.36 bits per heavy atom. The van der Waals surface area contributed by atoms with Crippen molar-refractivity contribution >= 4 is 5.91 Å². The molecule has 2 aromatic rings. The molecule has 22 heavy (non-hydrogen) atoms. The maximum absolute atomic E-state index is 13.6. The highest BCUT2D eigenvalue weighted by Crippen LogP contribution is 2.21. The van der Waals surface area contributed by atoms with Crippen molar-refractivity contribution in [1.82, 2.24) is 15.0 Å². The van der Waals surface area contributed by atoms with Crippen molar-refractivity contribution < 1.29 is 13.7 Å². The fourth-order valence-corrected chi connectivity index (χ4v) is 2.57. The number of likely N-dealkylation sites (tertiary alicyclic amines) is 1. The Morgan fingerprint density at radius 1 is 1.55 bits per heavy atom. The van der Waals surface area contributed by atoms with Crippen LogP contribution in [0.2, 0.25) is 0 Å². The zero-order valence-corrected chi connectivity index (χ0v) is 12.3. The molecular formula is C15H17FN4O2. The van der Waals surface area contributed by atoms with Gasteiger partial charge in [-0.2, -0.15) is 4.98 Å². The van der Waals surface area contributed by atoms with E-state index in [-0.39, 0.29) is 17.6 Å². The highest BCUT2D eigenvalue weighted by Gasteiger charge is 2.27. The van der Waals surface area contributed by atoms with E-state index in [1.807, 2.05) is 4.90 Å². The minimum Gasteiger partial charge on any atom is -0.369 e. The first kappa shape index (κ1) is 14.6. The van der Waals surface area contributed by atoms with Crippen LogP contribution < -0.4 is 5.73 Å². The third-order valence-electron chi connectivity index (χ3n) is 3.93. The second-order valence-electron chi connectivity index (χ2n) is 5.60. The molecule has 0 spiro atoms. The van der Waals surface area contributed by atoms with Gasteiger partial charge in [-0.25, -0.2) is 4.39 Å². The zero-order valence-electron chi connectivity index (χ0n) is 12.3. The van der Waals surface area contributed by atoms with Crippen molar-refractivity contribution in [1.29, 1.82) is 0 Å². The van der Waals surface area contributed by atoms with Gasteiger partial charge < -0.3 is 10.3 Å². The fraction of sp³-hybridized carbons (Fsp3) is 0.400. The number of aryl methyl sites for hydroxylation is 1. The van der Waals surface area contributed by atoms with E-state index in [4.69, 9.17) is 10.3 Å². The minimum atomic E-state index is -0.298. The summed E-state index contributed by atoms with van der Waals surface area (Å²) >= 11 is 0. The third kappa shape index (κ3) is 2.99. The van der Waals surface area contributed by atoms with E-state index >= 15 is 0 Å². The standard InChI is InChI=1S/C15H17FN4O2/c1-9-2-3-10(6-12(9)16)15-18-13(22-19-15)8-20-5-4-11(7-20)14(17)21/h2-3,6,11H,4-5,7-8H2,1H3,(H2,17,21). The molecule has 7 heteroatoms. The number of carbonyl (C=O) groups is 1. The van der Waals surface area contributed by atoms with Gasteiger partial charge in [-0.1, -0.05) is 17.3 Å². The van der Waals surface area contributed by atoms with Gasteiger partial charge in [0.05, 0.1) is 12.5 Å². The average Bonchev–Trinajstić information content (AvgIpc) is 3.12. The van der Waals surface area contributed by atoms with E-state index < -0.39 is 0 Å². The normalized spacial score (nSPS) is 18.7. The van der Waals surface area contributed by atoms with E-state index in [0.29, 0.717) is 35.9 Å². The Kier molecular flexibility index (Phi) is 3.89. The Balaban J connectivity index is 1.69. The summed E-state index contributed by atoms with van der Waals surface area (Å²) in [5, 5.41) is 3.88. The van der Waals surface area contributed by atoms with Gasteiger partial charge in [0.1, 0.15) is 5.82 Å². The Labute approximate surface area is 127 Å². The van der Waals surface area contributed by atoms with Crippen LogP contribution in [0, 0.1) is 18.7 Å². The molecule has 1 amide bonds. The van der Waals surface area contributed by atoms with Gasteiger partial charge in [0, 0.05) is 12.1 Å². The monoisotopic (exact) mass is 304 g/mol. The molecule has 116 valence electrons. The van der Waals surface area contributed by atoms with Crippen LogP contribution in [0.5, 0.6) is 0 Å². The van der Waals surface area contributed by atoms with Crippen molar-refractivity contribution in [2.75, 3.05) is 13.1 Å². The number of primary amides is 1. The number of halogens is 1. The molecule has 3 rings (SSSR count). The van der Waals surface area contributed by atoms with Gasteiger partial charge in [0.2, 0.25) is 17.6 Å². The second kappa shape index (κ2) is 5.84. The third-order valence-corrected chi connectivity index (χ3v) is 3.93. The fourth-order valence-electron chi connectivity index (χ4n) is 2.57. The number of hydrogen-bond donors (Lipinski definition) is 1. The molecule has 1 aromatic heterocycles.